The topological polar surface area (TPSA) is 47.6 Å². The quantitative estimate of drug-likeness (QED) is 0.836. The fraction of sp³-hybridized carbons (Fsp3) is 0.500. The van der Waals surface area contributed by atoms with Gasteiger partial charge in [-0.05, 0) is 39.3 Å². The van der Waals surface area contributed by atoms with Crippen molar-refractivity contribution in [1.29, 1.82) is 0 Å². The summed E-state index contributed by atoms with van der Waals surface area (Å²) in [6, 6.07) is 5.68. The summed E-state index contributed by atoms with van der Waals surface area (Å²) < 4.78 is 10.4. The molecule has 1 aromatic rings. The van der Waals surface area contributed by atoms with E-state index in [0.717, 1.165) is 17.0 Å². The van der Waals surface area contributed by atoms with Crippen LogP contribution in [0.5, 0.6) is 5.75 Å². The second-order valence-electron chi connectivity index (χ2n) is 5.12. The number of benzene rings is 1. The van der Waals surface area contributed by atoms with Gasteiger partial charge >= 0.3 is 5.97 Å². The van der Waals surface area contributed by atoms with Crippen LogP contribution in [0.2, 0.25) is 0 Å². The van der Waals surface area contributed by atoms with Crippen molar-refractivity contribution in [1.82, 2.24) is 0 Å². The molecule has 0 bridgehead atoms. The number of carbonyl (C=O) groups excluding carboxylic acids is 1. The van der Waals surface area contributed by atoms with E-state index in [1.165, 1.54) is 0 Å². The highest BCUT2D eigenvalue weighted by molar-refractivity contribution is 5.76. The van der Waals surface area contributed by atoms with Crippen LogP contribution in [0.25, 0.3) is 0 Å². The van der Waals surface area contributed by atoms with Crippen molar-refractivity contribution in [3.63, 3.8) is 0 Å². The van der Waals surface area contributed by atoms with Gasteiger partial charge in [-0.3, -0.25) is 4.79 Å². The average molecular weight is 251 g/mol. The molecule has 0 saturated carbocycles. The highest BCUT2D eigenvalue weighted by Crippen LogP contribution is 2.21. The Bertz CT molecular complexity index is 422. The summed E-state index contributed by atoms with van der Waals surface area (Å²) in [6.45, 7) is 7.66. The van der Waals surface area contributed by atoms with Crippen LogP contribution in [0.3, 0.4) is 0 Å². The number of rotatable bonds is 4. The minimum atomic E-state index is -0.456. The smallest absolute Gasteiger partial charge is 0.325 e. The van der Waals surface area contributed by atoms with Crippen molar-refractivity contribution in [2.24, 2.45) is 0 Å². The standard InChI is InChI=1S/C14H21NO3/c1-10-6-7-11(17-5)8-12(10)15-9-13(16)18-14(2,3)4/h6-8,15H,9H2,1-5H3. The molecule has 0 radical (unpaired) electrons. The molecule has 0 amide bonds. The van der Waals surface area contributed by atoms with E-state index in [2.05, 4.69) is 5.32 Å². The third-order valence-electron chi connectivity index (χ3n) is 2.29. The number of methoxy groups -OCH3 is 1. The predicted molar refractivity (Wildman–Crippen MR) is 72.1 cm³/mol. The molecule has 0 aromatic heterocycles. The molecule has 0 heterocycles. The van der Waals surface area contributed by atoms with E-state index >= 15 is 0 Å². The van der Waals surface area contributed by atoms with Crippen molar-refractivity contribution >= 4 is 11.7 Å². The Hall–Kier alpha value is -1.71. The minimum Gasteiger partial charge on any atom is -0.497 e. The van der Waals surface area contributed by atoms with Gasteiger partial charge in [0.05, 0.1) is 7.11 Å². The monoisotopic (exact) mass is 251 g/mol. The number of esters is 1. The van der Waals surface area contributed by atoms with Crippen LogP contribution in [0.4, 0.5) is 5.69 Å². The summed E-state index contributed by atoms with van der Waals surface area (Å²) in [5.74, 6) is 0.483. The Kier molecular flexibility index (Phi) is 4.59. The summed E-state index contributed by atoms with van der Waals surface area (Å²) in [5, 5.41) is 3.06. The molecule has 1 N–H and O–H groups in total. The van der Waals surface area contributed by atoms with E-state index in [9.17, 15) is 4.79 Å². The second kappa shape index (κ2) is 5.76. The number of hydrogen-bond donors (Lipinski definition) is 1. The Morgan fingerprint density at radius 1 is 1.33 bits per heavy atom. The molecule has 1 aromatic carbocycles. The van der Waals surface area contributed by atoms with Crippen molar-refractivity contribution in [2.45, 2.75) is 33.3 Å². The van der Waals surface area contributed by atoms with Gasteiger partial charge < -0.3 is 14.8 Å². The van der Waals surface area contributed by atoms with Crippen LogP contribution in [-0.4, -0.2) is 25.2 Å². The SMILES string of the molecule is COc1ccc(C)c(NCC(=O)OC(C)(C)C)c1. The van der Waals surface area contributed by atoms with Gasteiger partial charge in [-0.1, -0.05) is 6.07 Å². The Balaban J connectivity index is 2.60. The van der Waals surface area contributed by atoms with Crippen LogP contribution in [0.15, 0.2) is 18.2 Å². The zero-order valence-corrected chi connectivity index (χ0v) is 11.7. The van der Waals surface area contributed by atoms with Gasteiger partial charge in [0.1, 0.15) is 17.9 Å². The molecular weight excluding hydrogens is 230 g/mol. The maximum atomic E-state index is 11.6. The summed E-state index contributed by atoms with van der Waals surface area (Å²) >= 11 is 0. The van der Waals surface area contributed by atoms with Crippen LogP contribution in [0, 0.1) is 6.92 Å². The first kappa shape index (κ1) is 14.4. The lowest BCUT2D eigenvalue weighted by molar-refractivity contribution is -0.152. The molecule has 0 fully saturated rings. The number of aryl methyl sites for hydroxylation is 1. The molecule has 100 valence electrons. The zero-order chi connectivity index (χ0) is 13.8. The van der Waals surface area contributed by atoms with E-state index in [0.29, 0.717) is 0 Å². The van der Waals surface area contributed by atoms with Gasteiger partial charge in [0.15, 0.2) is 0 Å². The first-order valence-electron chi connectivity index (χ1n) is 5.92. The lowest BCUT2D eigenvalue weighted by atomic mass is 10.2. The Morgan fingerprint density at radius 3 is 2.56 bits per heavy atom. The number of ether oxygens (including phenoxy) is 2. The first-order valence-corrected chi connectivity index (χ1v) is 5.92. The highest BCUT2D eigenvalue weighted by Gasteiger charge is 2.16. The van der Waals surface area contributed by atoms with E-state index in [-0.39, 0.29) is 12.5 Å². The molecule has 0 aliphatic carbocycles. The van der Waals surface area contributed by atoms with Crippen LogP contribution in [0.1, 0.15) is 26.3 Å². The molecule has 4 nitrogen and oxygen atoms in total. The maximum absolute atomic E-state index is 11.6. The van der Waals surface area contributed by atoms with E-state index in [1.54, 1.807) is 7.11 Å². The van der Waals surface area contributed by atoms with Crippen molar-refractivity contribution in [3.05, 3.63) is 23.8 Å². The summed E-state index contributed by atoms with van der Waals surface area (Å²) in [6.07, 6.45) is 0. The van der Waals surface area contributed by atoms with E-state index in [4.69, 9.17) is 9.47 Å². The lowest BCUT2D eigenvalue weighted by Gasteiger charge is -2.20. The van der Waals surface area contributed by atoms with Crippen LogP contribution >= 0.6 is 0 Å². The molecule has 0 aliphatic heterocycles. The molecule has 18 heavy (non-hydrogen) atoms. The highest BCUT2D eigenvalue weighted by atomic mass is 16.6. The first-order chi connectivity index (χ1) is 8.31. The predicted octanol–water partition coefficient (Wildman–Crippen LogP) is 2.76. The van der Waals surface area contributed by atoms with E-state index < -0.39 is 5.60 Å². The van der Waals surface area contributed by atoms with Gasteiger partial charge in [0.25, 0.3) is 0 Å². The van der Waals surface area contributed by atoms with Gasteiger partial charge in [-0.25, -0.2) is 0 Å². The minimum absolute atomic E-state index is 0.144. The van der Waals surface area contributed by atoms with Gasteiger partial charge in [-0.15, -0.1) is 0 Å². The largest absolute Gasteiger partial charge is 0.497 e. The molecule has 4 heteroatoms. The third kappa shape index (κ3) is 4.65. The van der Waals surface area contributed by atoms with Crippen LogP contribution < -0.4 is 10.1 Å². The summed E-state index contributed by atoms with van der Waals surface area (Å²) in [4.78, 5) is 11.6. The third-order valence-corrected chi connectivity index (χ3v) is 2.29. The van der Waals surface area contributed by atoms with Crippen LogP contribution in [-0.2, 0) is 9.53 Å². The maximum Gasteiger partial charge on any atom is 0.325 e. The van der Waals surface area contributed by atoms with Gasteiger partial charge in [0.2, 0.25) is 0 Å². The molecule has 1 rings (SSSR count). The fourth-order valence-corrected chi connectivity index (χ4v) is 1.46. The molecule has 0 aliphatic rings. The molecule has 0 saturated heterocycles. The summed E-state index contributed by atoms with van der Waals surface area (Å²) in [7, 11) is 1.61. The lowest BCUT2D eigenvalue weighted by Crippen LogP contribution is -2.28. The second-order valence-corrected chi connectivity index (χ2v) is 5.12. The molecule has 0 spiro atoms. The number of anilines is 1. The van der Waals surface area contributed by atoms with Crippen molar-refractivity contribution < 1.29 is 14.3 Å². The number of nitrogens with one attached hydrogen (secondary N) is 1. The fourth-order valence-electron chi connectivity index (χ4n) is 1.46. The summed E-state index contributed by atoms with van der Waals surface area (Å²) in [5.41, 5.74) is 1.47. The molecule has 0 unspecified atom stereocenters. The number of carbonyl (C=O) groups is 1. The Labute approximate surface area is 108 Å². The number of hydrogen-bond acceptors (Lipinski definition) is 4. The van der Waals surface area contributed by atoms with Gasteiger partial charge in [0, 0.05) is 11.8 Å². The molecule has 0 atom stereocenters. The van der Waals surface area contributed by atoms with Crippen molar-refractivity contribution in [3.8, 4) is 5.75 Å². The zero-order valence-electron chi connectivity index (χ0n) is 11.7. The molecular formula is C14H21NO3. The van der Waals surface area contributed by atoms with E-state index in [1.807, 2.05) is 45.9 Å². The van der Waals surface area contributed by atoms with Gasteiger partial charge in [-0.2, -0.15) is 0 Å². The average Bonchev–Trinajstić information content (AvgIpc) is 2.25. The Morgan fingerprint density at radius 2 is 2.00 bits per heavy atom. The normalized spacial score (nSPS) is 10.9. The van der Waals surface area contributed by atoms with Crippen molar-refractivity contribution in [2.75, 3.05) is 19.0 Å².